The minimum absolute atomic E-state index is 0.0134. The first-order valence-electron chi connectivity index (χ1n) is 11.2. The first-order chi connectivity index (χ1) is 18.1. The molecular formula is C26H23ClN4O5S2. The first kappa shape index (κ1) is 27.1. The van der Waals surface area contributed by atoms with Gasteiger partial charge in [0.15, 0.2) is 0 Å². The van der Waals surface area contributed by atoms with Gasteiger partial charge in [-0.05, 0) is 73.2 Å². The number of rotatable bonds is 9. The van der Waals surface area contributed by atoms with Crippen molar-refractivity contribution in [3.63, 3.8) is 0 Å². The number of hydrogen-bond acceptors (Lipinski definition) is 6. The molecule has 38 heavy (non-hydrogen) atoms. The van der Waals surface area contributed by atoms with Gasteiger partial charge in [0.25, 0.3) is 20.0 Å². The third-order valence-electron chi connectivity index (χ3n) is 5.41. The molecule has 0 saturated heterocycles. The van der Waals surface area contributed by atoms with Crippen LogP contribution in [0.3, 0.4) is 0 Å². The molecule has 0 spiro atoms. The van der Waals surface area contributed by atoms with Crippen LogP contribution in [0.2, 0.25) is 5.02 Å². The van der Waals surface area contributed by atoms with E-state index in [0.29, 0.717) is 5.02 Å². The van der Waals surface area contributed by atoms with Crippen LogP contribution in [0, 0.1) is 6.92 Å². The highest BCUT2D eigenvalue weighted by atomic mass is 35.5. The molecule has 0 aliphatic heterocycles. The number of carbonyl (C=O) groups is 1. The highest BCUT2D eigenvalue weighted by Crippen LogP contribution is 2.28. The minimum Gasteiger partial charge on any atom is -0.325 e. The van der Waals surface area contributed by atoms with Crippen molar-refractivity contribution < 1.29 is 21.6 Å². The molecule has 12 heteroatoms. The summed E-state index contributed by atoms with van der Waals surface area (Å²) in [6.45, 7) is 1.24. The molecule has 0 atom stereocenters. The van der Waals surface area contributed by atoms with E-state index in [1.54, 1.807) is 49.4 Å². The lowest BCUT2D eigenvalue weighted by Gasteiger charge is -2.24. The van der Waals surface area contributed by atoms with Crippen LogP contribution in [0.5, 0.6) is 0 Å². The van der Waals surface area contributed by atoms with Gasteiger partial charge in [-0.1, -0.05) is 41.9 Å². The maximum absolute atomic E-state index is 13.4. The highest BCUT2D eigenvalue weighted by Gasteiger charge is 2.27. The molecule has 4 rings (SSSR count). The lowest BCUT2D eigenvalue weighted by Crippen LogP contribution is -2.38. The first-order valence-corrected chi connectivity index (χ1v) is 14.5. The van der Waals surface area contributed by atoms with Crippen molar-refractivity contribution in [1.29, 1.82) is 0 Å². The van der Waals surface area contributed by atoms with E-state index in [1.807, 2.05) is 0 Å². The zero-order chi connectivity index (χ0) is 27.3. The number of nitrogens with one attached hydrogen (secondary N) is 2. The number of anilines is 3. The van der Waals surface area contributed by atoms with E-state index in [9.17, 15) is 21.6 Å². The van der Waals surface area contributed by atoms with Gasteiger partial charge in [-0.3, -0.25) is 13.8 Å². The van der Waals surface area contributed by atoms with Crippen molar-refractivity contribution in [3.8, 4) is 0 Å². The van der Waals surface area contributed by atoms with E-state index in [2.05, 4.69) is 15.0 Å². The van der Waals surface area contributed by atoms with Gasteiger partial charge in [-0.25, -0.2) is 21.8 Å². The zero-order valence-electron chi connectivity index (χ0n) is 20.1. The lowest BCUT2D eigenvalue weighted by atomic mass is 10.2. The van der Waals surface area contributed by atoms with E-state index in [-0.39, 0.29) is 27.0 Å². The minimum atomic E-state index is -4.11. The second-order valence-corrected chi connectivity index (χ2v) is 12.1. The highest BCUT2D eigenvalue weighted by molar-refractivity contribution is 7.93. The van der Waals surface area contributed by atoms with Gasteiger partial charge >= 0.3 is 0 Å². The molecule has 0 bridgehead atoms. The molecule has 196 valence electrons. The Balaban J connectivity index is 1.54. The van der Waals surface area contributed by atoms with Crippen LogP contribution in [0.1, 0.15) is 5.56 Å². The van der Waals surface area contributed by atoms with E-state index in [0.717, 1.165) is 9.87 Å². The Bertz CT molecular complexity index is 1650. The molecule has 1 aromatic heterocycles. The number of hydrogen-bond donors (Lipinski definition) is 2. The largest absolute Gasteiger partial charge is 0.325 e. The van der Waals surface area contributed by atoms with Crippen molar-refractivity contribution in [2.45, 2.75) is 16.7 Å². The number of aromatic nitrogens is 1. The standard InChI is InChI=1S/C26H23ClN4O5S2/c1-19-10-13-21(17-24(19)27)31(38(35,36)23-7-3-2-4-8-23)18-26(32)29-20-11-14-22(15-12-20)37(33,34)30-25-9-5-6-16-28-25/h2-17H,18H2,1H3,(H,28,30)(H,29,32). The SMILES string of the molecule is Cc1ccc(N(CC(=O)Nc2ccc(S(=O)(=O)Nc3ccccn3)cc2)S(=O)(=O)c2ccccc2)cc1Cl. The molecule has 0 aliphatic rings. The van der Waals surface area contributed by atoms with Crippen molar-refractivity contribution in [3.05, 3.63) is 108 Å². The molecule has 4 aromatic rings. The van der Waals surface area contributed by atoms with Crippen LogP contribution >= 0.6 is 11.6 Å². The third-order valence-corrected chi connectivity index (χ3v) is 8.98. The molecule has 0 unspecified atom stereocenters. The van der Waals surface area contributed by atoms with Crippen LogP contribution < -0.4 is 14.3 Å². The molecule has 1 heterocycles. The number of amides is 1. The number of nitrogens with zero attached hydrogens (tertiary/aromatic N) is 2. The monoisotopic (exact) mass is 570 g/mol. The Hall–Kier alpha value is -3.93. The molecule has 0 saturated carbocycles. The number of carbonyl (C=O) groups excluding carboxylic acids is 1. The van der Waals surface area contributed by atoms with Crippen LogP contribution in [0.4, 0.5) is 17.2 Å². The van der Waals surface area contributed by atoms with Crippen LogP contribution in [0.25, 0.3) is 0 Å². The number of sulfonamides is 2. The summed E-state index contributed by atoms with van der Waals surface area (Å²) in [5, 5.41) is 2.97. The predicted octanol–water partition coefficient (Wildman–Crippen LogP) is 4.68. The van der Waals surface area contributed by atoms with Gasteiger partial charge in [0.05, 0.1) is 15.5 Å². The van der Waals surface area contributed by atoms with E-state index >= 15 is 0 Å². The molecule has 0 aliphatic carbocycles. The lowest BCUT2D eigenvalue weighted by molar-refractivity contribution is -0.114. The maximum atomic E-state index is 13.4. The Morgan fingerprint density at radius 2 is 1.55 bits per heavy atom. The summed E-state index contributed by atoms with van der Waals surface area (Å²) in [5.74, 6) is -0.468. The summed E-state index contributed by atoms with van der Waals surface area (Å²) in [4.78, 5) is 16.9. The fourth-order valence-electron chi connectivity index (χ4n) is 3.44. The fourth-order valence-corrected chi connectivity index (χ4v) is 6.06. The normalized spacial score (nSPS) is 11.5. The van der Waals surface area contributed by atoms with E-state index in [1.165, 1.54) is 54.7 Å². The summed E-state index contributed by atoms with van der Waals surface area (Å²) in [6.07, 6.45) is 1.46. The van der Waals surface area contributed by atoms with Gasteiger partial charge < -0.3 is 5.32 Å². The second-order valence-electron chi connectivity index (χ2n) is 8.15. The summed E-state index contributed by atoms with van der Waals surface area (Å²) >= 11 is 6.24. The molecule has 3 aromatic carbocycles. The van der Waals surface area contributed by atoms with Crippen LogP contribution in [0.15, 0.2) is 107 Å². The topological polar surface area (TPSA) is 126 Å². The quantitative estimate of drug-likeness (QED) is 0.301. The zero-order valence-corrected chi connectivity index (χ0v) is 22.5. The summed E-state index contributed by atoms with van der Waals surface area (Å²) in [5.41, 5.74) is 1.26. The Morgan fingerprint density at radius 3 is 2.18 bits per heavy atom. The Morgan fingerprint density at radius 1 is 0.868 bits per heavy atom. The van der Waals surface area contributed by atoms with Gasteiger partial charge in [-0.15, -0.1) is 0 Å². The Labute approximate surface area is 226 Å². The smallest absolute Gasteiger partial charge is 0.264 e. The number of pyridine rings is 1. The van der Waals surface area contributed by atoms with Gasteiger partial charge in [0, 0.05) is 16.9 Å². The van der Waals surface area contributed by atoms with Crippen molar-refractivity contribution in [2.24, 2.45) is 0 Å². The van der Waals surface area contributed by atoms with Gasteiger partial charge in [0.2, 0.25) is 5.91 Å². The average molecular weight is 571 g/mol. The number of aryl methyl sites for hydroxylation is 1. The molecule has 2 N–H and O–H groups in total. The predicted molar refractivity (Wildman–Crippen MR) is 147 cm³/mol. The van der Waals surface area contributed by atoms with Crippen molar-refractivity contribution >= 4 is 54.7 Å². The van der Waals surface area contributed by atoms with Crippen LogP contribution in [-0.2, 0) is 24.8 Å². The summed E-state index contributed by atoms with van der Waals surface area (Å²) in [7, 11) is -8.00. The maximum Gasteiger partial charge on any atom is 0.264 e. The van der Waals surface area contributed by atoms with Crippen molar-refractivity contribution in [1.82, 2.24) is 4.98 Å². The van der Waals surface area contributed by atoms with Gasteiger partial charge in [0.1, 0.15) is 12.4 Å². The second kappa shape index (κ2) is 11.2. The molecule has 9 nitrogen and oxygen atoms in total. The van der Waals surface area contributed by atoms with Crippen molar-refractivity contribution in [2.75, 3.05) is 20.9 Å². The van der Waals surface area contributed by atoms with E-state index < -0.39 is 32.5 Å². The molecule has 0 fully saturated rings. The van der Waals surface area contributed by atoms with E-state index in [4.69, 9.17) is 11.6 Å². The molecule has 1 amide bonds. The number of benzene rings is 3. The summed E-state index contributed by atoms with van der Waals surface area (Å²) in [6, 6.07) is 22.7. The average Bonchev–Trinajstić information content (AvgIpc) is 2.90. The fraction of sp³-hybridized carbons (Fsp3) is 0.0769. The molecular weight excluding hydrogens is 548 g/mol. The summed E-state index contributed by atoms with van der Waals surface area (Å²) < 4.78 is 55.5. The molecule has 0 radical (unpaired) electrons. The Kier molecular flexibility index (Phi) is 8.00. The number of halogens is 1. The van der Waals surface area contributed by atoms with Gasteiger partial charge in [-0.2, -0.15) is 0 Å². The van der Waals surface area contributed by atoms with Crippen LogP contribution in [-0.4, -0.2) is 34.3 Å². The third kappa shape index (κ3) is 6.31.